The molecule has 1 amide bonds. The van der Waals surface area contributed by atoms with E-state index in [1.165, 1.54) is 37.5 Å². The Labute approximate surface area is 128 Å². The van der Waals surface area contributed by atoms with Crippen LogP contribution < -0.4 is 5.32 Å². The smallest absolute Gasteiger partial charge is 0.349 e. The minimum Gasteiger partial charge on any atom is -0.349 e. The number of amides is 1. The number of carbonyl (C=O) groups excluding carboxylic acids is 1. The van der Waals surface area contributed by atoms with Crippen molar-refractivity contribution in [3.05, 3.63) is 35.4 Å². The van der Waals surface area contributed by atoms with E-state index in [2.05, 4.69) is 5.32 Å². The number of alkyl halides is 3. The van der Waals surface area contributed by atoms with Crippen LogP contribution in [0, 0.1) is 17.8 Å². The molecule has 0 radical (unpaired) electrons. The average molecular weight is 311 g/mol. The van der Waals surface area contributed by atoms with Gasteiger partial charge in [0.15, 0.2) is 0 Å². The normalized spacial score (nSPS) is 28.6. The third-order valence-corrected chi connectivity index (χ3v) is 5.27. The topological polar surface area (TPSA) is 29.1 Å². The molecule has 0 aromatic heterocycles. The number of benzene rings is 1. The van der Waals surface area contributed by atoms with Gasteiger partial charge in [-0.3, -0.25) is 4.79 Å². The molecule has 2 bridgehead atoms. The first kappa shape index (κ1) is 15.4. The zero-order valence-corrected chi connectivity index (χ0v) is 12.5. The molecule has 2 aliphatic carbocycles. The number of halogens is 3. The molecule has 120 valence electrons. The molecule has 2 nitrogen and oxygen atoms in total. The highest BCUT2D eigenvalue weighted by Crippen LogP contribution is 2.49. The van der Waals surface area contributed by atoms with Gasteiger partial charge in [0.1, 0.15) is 0 Å². The first-order valence-corrected chi connectivity index (χ1v) is 7.83. The van der Waals surface area contributed by atoms with E-state index in [1.54, 1.807) is 0 Å². The van der Waals surface area contributed by atoms with Crippen molar-refractivity contribution in [2.75, 3.05) is 0 Å². The Morgan fingerprint density at radius 1 is 1.23 bits per heavy atom. The molecule has 0 aliphatic heterocycles. The predicted octanol–water partition coefficient (Wildman–Crippen LogP) is 4.26. The Hall–Kier alpha value is -1.52. The fourth-order valence-corrected chi connectivity index (χ4v) is 4.23. The number of fused-ring (bicyclic) bond motifs is 2. The van der Waals surface area contributed by atoms with Crippen LogP contribution in [-0.2, 0) is 6.18 Å². The Kier molecular flexibility index (Phi) is 3.91. The van der Waals surface area contributed by atoms with E-state index in [0.29, 0.717) is 11.8 Å². The zero-order valence-electron chi connectivity index (χ0n) is 12.5. The molecule has 1 aromatic carbocycles. The maximum atomic E-state index is 13.0. The minimum absolute atomic E-state index is 0.0795. The highest BCUT2D eigenvalue weighted by atomic mass is 19.4. The van der Waals surface area contributed by atoms with Crippen LogP contribution in [0.25, 0.3) is 0 Å². The van der Waals surface area contributed by atoms with Gasteiger partial charge in [0.2, 0.25) is 0 Å². The van der Waals surface area contributed by atoms with E-state index < -0.39 is 17.6 Å². The summed E-state index contributed by atoms with van der Waals surface area (Å²) < 4.78 is 39.0. The summed E-state index contributed by atoms with van der Waals surface area (Å²) in [6, 6.07) is 4.89. The second-order valence-electron chi connectivity index (χ2n) is 6.64. The van der Waals surface area contributed by atoms with Crippen LogP contribution in [0.2, 0.25) is 0 Å². The molecule has 0 spiro atoms. The first-order chi connectivity index (χ1) is 10.4. The van der Waals surface area contributed by atoms with Crippen molar-refractivity contribution < 1.29 is 18.0 Å². The lowest BCUT2D eigenvalue weighted by atomic mass is 9.84. The van der Waals surface area contributed by atoms with Crippen LogP contribution in [0.5, 0.6) is 0 Å². The Morgan fingerprint density at radius 3 is 2.55 bits per heavy atom. The average Bonchev–Trinajstić information content (AvgIpc) is 3.09. The van der Waals surface area contributed by atoms with Crippen molar-refractivity contribution >= 4 is 5.91 Å². The quantitative estimate of drug-likeness (QED) is 0.888. The van der Waals surface area contributed by atoms with Crippen molar-refractivity contribution in [2.45, 2.75) is 44.8 Å². The highest BCUT2D eigenvalue weighted by molar-refractivity contribution is 5.96. The molecule has 2 fully saturated rings. The highest BCUT2D eigenvalue weighted by Gasteiger charge is 2.42. The lowest BCUT2D eigenvalue weighted by Crippen LogP contribution is -2.40. The van der Waals surface area contributed by atoms with E-state index in [0.717, 1.165) is 18.4 Å². The Morgan fingerprint density at radius 2 is 1.95 bits per heavy atom. The van der Waals surface area contributed by atoms with Crippen LogP contribution in [-0.4, -0.2) is 11.9 Å². The van der Waals surface area contributed by atoms with E-state index in [1.807, 2.05) is 6.92 Å². The summed E-state index contributed by atoms with van der Waals surface area (Å²) >= 11 is 0. The summed E-state index contributed by atoms with van der Waals surface area (Å²) in [5.41, 5.74) is -1.15. The molecule has 0 saturated heterocycles. The molecule has 3 rings (SSSR count). The zero-order chi connectivity index (χ0) is 15.9. The fourth-order valence-electron chi connectivity index (χ4n) is 4.23. The van der Waals surface area contributed by atoms with Crippen LogP contribution in [0.4, 0.5) is 13.2 Å². The fraction of sp³-hybridized carbons (Fsp3) is 0.588. The van der Waals surface area contributed by atoms with Crippen molar-refractivity contribution in [2.24, 2.45) is 17.8 Å². The van der Waals surface area contributed by atoms with Gasteiger partial charge in [-0.25, -0.2) is 0 Å². The third-order valence-electron chi connectivity index (χ3n) is 5.27. The summed E-state index contributed by atoms with van der Waals surface area (Å²) in [6.45, 7) is 1.92. The number of hydrogen-bond donors (Lipinski definition) is 1. The van der Waals surface area contributed by atoms with Gasteiger partial charge in [-0.1, -0.05) is 18.6 Å². The van der Waals surface area contributed by atoms with Crippen molar-refractivity contribution in [3.63, 3.8) is 0 Å². The number of hydrogen-bond acceptors (Lipinski definition) is 1. The second-order valence-corrected chi connectivity index (χ2v) is 6.64. The lowest BCUT2D eigenvalue weighted by Gasteiger charge is -2.28. The third kappa shape index (κ3) is 2.85. The summed E-state index contributed by atoms with van der Waals surface area (Å²) in [7, 11) is 0. The summed E-state index contributed by atoms with van der Waals surface area (Å²) in [5, 5.41) is 2.80. The van der Waals surface area contributed by atoms with E-state index in [-0.39, 0.29) is 11.6 Å². The van der Waals surface area contributed by atoms with E-state index in [4.69, 9.17) is 0 Å². The second kappa shape index (κ2) is 5.60. The number of nitrogens with one attached hydrogen (secondary N) is 1. The van der Waals surface area contributed by atoms with Gasteiger partial charge < -0.3 is 5.32 Å². The summed E-state index contributed by atoms with van der Waals surface area (Å²) in [5.74, 6) is 1.15. The molecule has 2 aliphatic rings. The van der Waals surface area contributed by atoms with Gasteiger partial charge in [0.05, 0.1) is 11.1 Å². The Balaban J connectivity index is 1.72. The van der Waals surface area contributed by atoms with Crippen molar-refractivity contribution in [3.8, 4) is 0 Å². The maximum absolute atomic E-state index is 13.0. The molecule has 0 unspecified atom stereocenters. The van der Waals surface area contributed by atoms with Gasteiger partial charge in [-0.15, -0.1) is 0 Å². The van der Waals surface area contributed by atoms with Crippen molar-refractivity contribution in [1.82, 2.24) is 5.32 Å². The summed E-state index contributed by atoms with van der Waals surface area (Å²) in [6.07, 6.45) is 0.244. The lowest BCUT2D eigenvalue weighted by molar-refractivity contribution is -0.137. The van der Waals surface area contributed by atoms with E-state index >= 15 is 0 Å². The summed E-state index contributed by atoms with van der Waals surface area (Å²) in [4.78, 5) is 12.3. The predicted molar refractivity (Wildman–Crippen MR) is 77.3 cm³/mol. The van der Waals surface area contributed by atoms with Gasteiger partial charge in [0, 0.05) is 6.04 Å². The van der Waals surface area contributed by atoms with Crippen LogP contribution >= 0.6 is 0 Å². The molecular weight excluding hydrogens is 291 g/mol. The molecule has 1 N–H and O–H groups in total. The van der Waals surface area contributed by atoms with Gasteiger partial charge >= 0.3 is 6.18 Å². The monoisotopic (exact) mass is 311 g/mol. The van der Waals surface area contributed by atoms with Gasteiger partial charge in [-0.05, 0) is 56.1 Å². The molecule has 1 aromatic rings. The standard InChI is InChI=1S/C17H20F3NO/c1-10(14-9-11-6-7-12(14)8-11)21-16(22)13-4-2-3-5-15(13)17(18,19)20/h2-5,10-12,14H,6-9H2,1H3,(H,21,22)/t10-,11+,12+,14+/m1/s1. The molecular formula is C17H20F3NO. The van der Waals surface area contributed by atoms with Gasteiger partial charge in [-0.2, -0.15) is 13.2 Å². The van der Waals surface area contributed by atoms with Gasteiger partial charge in [0.25, 0.3) is 5.91 Å². The molecule has 5 heteroatoms. The van der Waals surface area contributed by atoms with Crippen molar-refractivity contribution in [1.29, 1.82) is 0 Å². The van der Waals surface area contributed by atoms with E-state index in [9.17, 15) is 18.0 Å². The molecule has 2 saturated carbocycles. The van der Waals surface area contributed by atoms with Crippen LogP contribution in [0.1, 0.15) is 48.5 Å². The first-order valence-electron chi connectivity index (χ1n) is 7.83. The number of rotatable bonds is 3. The Bertz CT molecular complexity index is 569. The molecule has 22 heavy (non-hydrogen) atoms. The maximum Gasteiger partial charge on any atom is 0.417 e. The molecule has 4 atom stereocenters. The van der Waals surface area contributed by atoms with Crippen LogP contribution in [0.3, 0.4) is 0 Å². The van der Waals surface area contributed by atoms with Crippen LogP contribution in [0.15, 0.2) is 24.3 Å². The number of carbonyl (C=O) groups is 1. The largest absolute Gasteiger partial charge is 0.417 e. The minimum atomic E-state index is -4.51. The molecule has 0 heterocycles. The SMILES string of the molecule is C[C@@H](NC(=O)c1ccccc1C(F)(F)F)[C@@H]1C[C@H]2CC[C@H]1C2.